The highest BCUT2D eigenvalue weighted by Gasteiger charge is 1.98. The second kappa shape index (κ2) is 4.89. The Labute approximate surface area is 84.0 Å². The highest BCUT2D eigenvalue weighted by molar-refractivity contribution is 6.30. The number of hydrogen-bond donors (Lipinski definition) is 0. The molecule has 0 saturated heterocycles. The molecule has 0 N–H and O–H groups in total. The summed E-state index contributed by atoms with van der Waals surface area (Å²) in [7, 11) is 0. The van der Waals surface area contributed by atoms with Gasteiger partial charge in [-0.3, -0.25) is 0 Å². The fraction of sp³-hybridized carbons (Fsp3) is 0.364. The largest absolute Gasteiger partial charge is 0.198 e. The zero-order valence-corrected chi connectivity index (χ0v) is 8.43. The lowest BCUT2D eigenvalue weighted by atomic mass is 10.1. The molecule has 0 bridgehead atoms. The van der Waals surface area contributed by atoms with Crippen molar-refractivity contribution in [1.82, 2.24) is 0 Å². The molecule has 0 aliphatic rings. The van der Waals surface area contributed by atoms with Crippen LogP contribution in [0.4, 0.5) is 0 Å². The van der Waals surface area contributed by atoms with Gasteiger partial charge in [-0.2, -0.15) is 5.26 Å². The van der Waals surface area contributed by atoms with Crippen molar-refractivity contribution in [2.75, 3.05) is 0 Å². The Bertz CT molecular complexity index is 325. The predicted octanol–water partition coefficient (Wildman–Crippen LogP) is 3.36. The maximum Gasteiger partial charge on any atom is 0.0625 e. The van der Waals surface area contributed by atoms with E-state index in [1.54, 1.807) is 0 Å². The van der Waals surface area contributed by atoms with Crippen LogP contribution in [0.5, 0.6) is 0 Å². The van der Waals surface area contributed by atoms with Crippen LogP contribution in [-0.2, 0) is 12.8 Å². The number of benzene rings is 1. The molecule has 0 unspecified atom stereocenters. The number of nitrogens with zero attached hydrogens (tertiary/aromatic N) is 1. The summed E-state index contributed by atoms with van der Waals surface area (Å²) in [5.74, 6) is 0. The molecule has 0 aromatic heterocycles. The quantitative estimate of drug-likeness (QED) is 0.722. The Kier molecular flexibility index (Phi) is 3.79. The number of aryl methyl sites for hydroxylation is 2. The third-order valence-corrected chi connectivity index (χ3v) is 2.17. The van der Waals surface area contributed by atoms with E-state index in [2.05, 4.69) is 19.1 Å². The molecule has 0 radical (unpaired) electrons. The van der Waals surface area contributed by atoms with E-state index in [4.69, 9.17) is 16.9 Å². The zero-order valence-electron chi connectivity index (χ0n) is 7.68. The molecule has 1 aromatic rings. The molecule has 2 heteroatoms. The van der Waals surface area contributed by atoms with Crippen molar-refractivity contribution in [3.8, 4) is 6.07 Å². The Morgan fingerprint density at radius 1 is 1.31 bits per heavy atom. The minimum absolute atomic E-state index is 0.559. The number of nitriles is 1. The van der Waals surface area contributed by atoms with Gasteiger partial charge >= 0.3 is 0 Å². The van der Waals surface area contributed by atoms with Crippen LogP contribution in [0.1, 0.15) is 24.5 Å². The number of hydrogen-bond acceptors (Lipinski definition) is 1. The summed E-state index contributed by atoms with van der Waals surface area (Å²) in [6.07, 6.45) is 2.34. The maximum atomic E-state index is 8.44. The van der Waals surface area contributed by atoms with Crippen LogP contribution < -0.4 is 0 Å². The fourth-order valence-corrected chi connectivity index (χ4v) is 1.55. The molecular weight excluding hydrogens is 182 g/mol. The third kappa shape index (κ3) is 3.08. The van der Waals surface area contributed by atoms with Crippen LogP contribution >= 0.6 is 11.6 Å². The van der Waals surface area contributed by atoms with Crippen molar-refractivity contribution in [1.29, 1.82) is 5.26 Å². The molecule has 0 spiro atoms. The first-order valence-electron chi connectivity index (χ1n) is 4.41. The average Bonchev–Trinajstić information content (AvgIpc) is 2.14. The molecule has 13 heavy (non-hydrogen) atoms. The van der Waals surface area contributed by atoms with E-state index in [0.717, 1.165) is 23.4 Å². The van der Waals surface area contributed by atoms with Gasteiger partial charge in [0.15, 0.2) is 0 Å². The molecular formula is C11H12ClN. The fourth-order valence-electron chi connectivity index (χ4n) is 1.27. The summed E-state index contributed by atoms with van der Waals surface area (Å²) in [4.78, 5) is 0. The highest BCUT2D eigenvalue weighted by Crippen LogP contribution is 2.16. The van der Waals surface area contributed by atoms with Crippen molar-refractivity contribution >= 4 is 11.6 Å². The molecule has 0 aliphatic carbocycles. The highest BCUT2D eigenvalue weighted by atomic mass is 35.5. The van der Waals surface area contributed by atoms with Gasteiger partial charge in [0.25, 0.3) is 0 Å². The summed E-state index contributed by atoms with van der Waals surface area (Å²) >= 11 is 5.92. The summed E-state index contributed by atoms with van der Waals surface area (Å²) < 4.78 is 0. The van der Waals surface area contributed by atoms with Gasteiger partial charge in [-0.1, -0.05) is 24.6 Å². The average molecular weight is 194 g/mol. The Morgan fingerprint density at radius 3 is 2.62 bits per heavy atom. The van der Waals surface area contributed by atoms with Crippen LogP contribution in [0.2, 0.25) is 5.02 Å². The first-order valence-corrected chi connectivity index (χ1v) is 4.79. The lowest BCUT2D eigenvalue weighted by Crippen LogP contribution is -1.87. The molecule has 68 valence electrons. The minimum atomic E-state index is 0.559. The van der Waals surface area contributed by atoms with Gasteiger partial charge in [0.1, 0.15) is 0 Å². The molecule has 0 amide bonds. The van der Waals surface area contributed by atoms with E-state index in [0.29, 0.717) is 6.42 Å². The predicted molar refractivity (Wildman–Crippen MR) is 54.8 cm³/mol. The van der Waals surface area contributed by atoms with Gasteiger partial charge in [0.2, 0.25) is 0 Å². The first-order chi connectivity index (χ1) is 6.26. The minimum Gasteiger partial charge on any atom is -0.198 e. The summed E-state index contributed by atoms with van der Waals surface area (Å²) in [6.45, 7) is 2.10. The molecule has 0 saturated carbocycles. The van der Waals surface area contributed by atoms with E-state index in [9.17, 15) is 0 Å². The van der Waals surface area contributed by atoms with Crippen molar-refractivity contribution in [3.63, 3.8) is 0 Å². The smallest absolute Gasteiger partial charge is 0.0625 e. The van der Waals surface area contributed by atoms with Crippen molar-refractivity contribution in [3.05, 3.63) is 34.3 Å². The molecule has 0 fully saturated rings. The standard InChI is InChI=1S/C11H12ClN/c1-2-9-6-10(4-3-5-13)8-11(12)7-9/h6-8H,2-4H2,1H3. The van der Waals surface area contributed by atoms with Gasteiger partial charge in [-0.25, -0.2) is 0 Å². The normalized spacial score (nSPS) is 9.62. The van der Waals surface area contributed by atoms with Crippen LogP contribution in [0.15, 0.2) is 18.2 Å². The van der Waals surface area contributed by atoms with Crippen LogP contribution in [-0.4, -0.2) is 0 Å². The monoisotopic (exact) mass is 193 g/mol. The summed E-state index contributed by atoms with van der Waals surface area (Å²) in [5, 5.41) is 9.21. The van der Waals surface area contributed by atoms with Crippen LogP contribution in [0, 0.1) is 11.3 Å². The molecule has 1 aromatic carbocycles. The van der Waals surface area contributed by atoms with Crippen LogP contribution in [0.3, 0.4) is 0 Å². The van der Waals surface area contributed by atoms with Crippen molar-refractivity contribution in [2.24, 2.45) is 0 Å². The SMILES string of the molecule is CCc1cc(Cl)cc(CCC#N)c1. The summed E-state index contributed by atoms with van der Waals surface area (Å²) in [6, 6.07) is 8.14. The maximum absolute atomic E-state index is 8.44. The Hall–Kier alpha value is -1.00. The molecule has 1 nitrogen and oxygen atoms in total. The van der Waals surface area contributed by atoms with E-state index < -0.39 is 0 Å². The lowest BCUT2D eigenvalue weighted by molar-refractivity contribution is 1.000. The molecule has 1 rings (SSSR count). The van der Waals surface area contributed by atoms with Crippen molar-refractivity contribution < 1.29 is 0 Å². The molecule has 0 aliphatic heterocycles. The Morgan fingerprint density at radius 2 is 2.00 bits per heavy atom. The van der Waals surface area contributed by atoms with Gasteiger partial charge in [-0.15, -0.1) is 0 Å². The second-order valence-electron chi connectivity index (χ2n) is 2.98. The van der Waals surface area contributed by atoms with E-state index in [1.807, 2.05) is 12.1 Å². The summed E-state index contributed by atoms with van der Waals surface area (Å²) in [5.41, 5.74) is 2.39. The van der Waals surface area contributed by atoms with Gasteiger partial charge in [0.05, 0.1) is 6.07 Å². The third-order valence-electron chi connectivity index (χ3n) is 1.95. The van der Waals surface area contributed by atoms with E-state index in [1.165, 1.54) is 5.56 Å². The van der Waals surface area contributed by atoms with E-state index >= 15 is 0 Å². The van der Waals surface area contributed by atoms with Gasteiger partial charge < -0.3 is 0 Å². The number of rotatable bonds is 3. The Balaban J connectivity index is 2.83. The lowest BCUT2D eigenvalue weighted by Gasteiger charge is -2.02. The first kappa shape index (κ1) is 10.1. The zero-order chi connectivity index (χ0) is 9.68. The van der Waals surface area contributed by atoms with Crippen molar-refractivity contribution in [2.45, 2.75) is 26.2 Å². The van der Waals surface area contributed by atoms with E-state index in [-0.39, 0.29) is 0 Å². The molecule has 0 atom stereocenters. The van der Waals surface area contributed by atoms with Crippen LogP contribution in [0.25, 0.3) is 0 Å². The van der Waals surface area contributed by atoms with Gasteiger partial charge in [-0.05, 0) is 36.1 Å². The molecule has 0 heterocycles. The second-order valence-corrected chi connectivity index (χ2v) is 3.42. The van der Waals surface area contributed by atoms with Gasteiger partial charge in [0, 0.05) is 11.4 Å². The number of halogens is 1. The topological polar surface area (TPSA) is 23.8 Å².